The molecule has 3 aromatic carbocycles. The van der Waals surface area contributed by atoms with E-state index in [1.165, 1.54) is 11.0 Å². The Balaban J connectivity index is 1.53. The van der Waals surface area contributed by atoms with Crippen molar-refractivity contribution in [1.29, 1.82) is 0 Å². The average molecular weight is 513 g/mol. The highest BCUT2D eigenvalue weighted by molar-refractivity contribution is 5.92. The maximum absolute atomic E-state index is 13.2. The third kappa shape index (κ3) is 6.41. The van der Waals surface area contributed by atoms with Gasteiger partial charge in [-0.3, -0.25) is 9.59 Å². The predicted molar refractivity (Wildman–Crippen MR) is 132 cm³/mol. The fourth-order valence-corrected chi connectivity index (χ4v) is 4.22. The van der Waals surface area contributed by atoms with Crippen LogP contribution in [0, 0.1) is 0 Å². The fraction of sp³-hybridized carbons (Fsp3) is 0.286. The molecule has 1 N–H and O–H groups in total. The molecule has 0 aromatic heterocycles. The van der Waals surface area contributed by atoms with E-state index >= 15 is 0 Å². The summed E-state index contributed by atoms with van der Waals surface area (Å²) in [7, 11) is 1.56. The molecule has 1 heterocycles. The van der Waals surface area contributed by atoms with E-state index in [1.54, 1.807) is 49.6 Å². The first-order valence-electron chi connectivity index (χ1n) is 11.8. The number of halogens is 3. The van der Waals surface area contributed by atoms with Crippen molar-refractivity contribution < 1.29 is 32.2 Å². The van der Waals surface area contributed by atoms with Crippen LogP contribution in [0.1, 0.15) is 35.6 Å². The Bertz CT molecular complexity index is 1290. The zero-order chi connectivity index (χ0) is 26.6. The average Bonchev–Trinajstić information content (AvgIpc) is 2.99. The molecule has 2 amide bonds. The Morgan fingerprint density at radius 3 is 2.57 bits per heavy atom. The topological polar surface area (TPSA) is 67.9 Å². The van der Waals surface area contributed by atoms with Gasteiger partial charge in [0.05, 0.1) is 19.1 Å². The molecule has 1 aliphatic heterocycles. The Labute approximate surface area is 213 Å². The van der Waals surface area contributed by atoms with Gasteiger partial charge >= 0.3 is 6.18 Å². The minimum absolute atomic E-state index is 0.00548. The first-order chi connectivity index (χ1) is 17.7. The zero-order valence-electron chi connectivity index (χ0n) is 20.5. The molecule has 0 saturated carbocycles. The number of rotatable bonds is 7. The molecule has 0 fully saturated rings. The van der Waals surface area contributed by atoms with Crippen LogP contribution in [0.3, 0.4) is 0 Å². The van der Waals surface area contributed by atoms with Crippen LogP contribution in [-0.4, -0.2) is 29.9 Å². The summed E-state index contributed by atoms with van der Waals surface area (Å²) in [6.45, 7) is 1.93. The Kier molecular flexibility index (Phi) is 7.71. The van der Waals surface area contributed by atoms with Gasteiger partial charge < -0.3 is 19.7 Å². The number of fused-ring (bicyclic) bond motifs is 1. The van der Waals surface area contributed by atoms with E-state index in [4.69, 9.17) is 9.47 Å². The molecule has 9 heteroatoms. The van der Waals surface area contributed by atoms with Gasteiger partial charge in [-0.1, -0.05) is 31.2 Å². The van der Waals surface area contributed by atoms with Gasteiger partial charge in [0.15, 0.2) is 6.10 Å². The van der Waals surface area contributed by atoms with Gasteiger partial charge in [-0.05, 0) is 60.0 Å². The molecule has 0 radical (unpaired) electrons. The number of hydrogen-bond acceptors (Lipinski definition) is 4. The van der Waals surface area contributed by atoms with Crippen LogP contribution >= 0.6 is 0 Å². The van der Waals surface area contributed by atoms with E-state index < -0.39 is 17.8 Å². The van der Waals surface area contributed by atoms with Crippen LogP contribution in [-0.2, 0) is 35.3 Å². The van der Waals surface area contributed by atoms with Crippen molar-refractivity contribution in [2.24, 2.45) is 0 Å². The molecular weight excluding hydrogens is 485 g/mol. The molecule has 0 saturated heterocycles. The summed E-state index contributed by atoms with van der Waals surface area (Å²) in [6, 6.07) is 17.3. The van der Waals surface area contributed by atoms with Gasteiger partial charge in [-0.2, -0.15) is 13.2 Å². The smallest absolute Gasteiger partial charge is 0.416 e. The quantitative estimate of drug-likeness (QED) is 0.448. The molecule has 0 spiro atoms. The molecular formula is C28H27F3N2O4. The number of amides is 2. The van der Waals surface area contributed by atoms with Crippen molar-refractivity contribution in [3.63, 3.8) is 0 Å². The normalized spacial score (nSPS) is 15.4. The monoisotopic (exact) mass is 512 g/mol. The Hall–Kier alpha value is -4.01. The van der Waals surface area contributed by atoms with Gasteiger partial charge in [-0.25, -0.2) is 0 Å². The van der Waals surface area contributed by atoms with Crippen LogP contribution in [0.15, 0.2) is 66.7 Å². The van der Waals surface area contributed by atoms with Crippen LogP contribution < -0.4 is 14.8 Å². The number of methoxy groups -OCH3 is 1. The van der Waals surface area contributed by atoms with Crippen molar-refractivity contribution in [3.8, 4) is 11.5 Å². The highest BCUT2D eigenvalue weighted by Crippen LogP contribution is 2.32. The second-order valence-corrected chi connectivity index (χ2v) is 8.81. The molecule has 0 unspecified atom stereocenters. The molecule has 0 bridgehead atoms. The summed E-state index contributed by atoms with van der Waals surface area (Å²) < 4.78 is 50.7. The van der Waals surface area contributed by atoms with Crippen LogP contribution in [0.25, 0.3) is 0 Å². The van der Waals surface area contributed by atoms with Crippen molar-refractivity contribution in [2.45, 2.75) is 45.1 Å². The van der Waals surface area contributed by atoms with Crippen LogP contribution in [0.4, 0.5) is 18.9 Å². The van der Waals surface area contributed by atoms with Crippen molar-refractivity contribution >= 4 is 17.5 Å². The molecule has 194 valence electrons. The highest BCUT2D eigenvalue weighted by Gasteiger charge is 2.32. The second kappa shape index (κ2) is 10.9. The number of carbonyl (C=O) groups excluding carboxylic acids is 2. The lowest BCUT2D eigenvalue weighted by Crippen LogP contribution is -2.38. The van der Waals surface area contributed by atoms with Crippen molar-refractivity contribution in [3.05, 3.63) is 89.0 Å². The lowest BCUT2D eigenvalue weighted by molar-refractivity contribution is -0.139. The number of anilines is 1. The van der Waals surface area contributed by atoms with E-state index in [-0.39, 0.29) is 31.3 Å². The van der Waals surface area contributed by atoms with Gasteiger partial charge in [0.1, 0.15) is 11.5 Å². The lowest BCUT2D eigenvalue weighted by Gasteiger charge is -2.23. The maximum atomic E-state index is 13.2. The number of benzene rings is 3. The summed E-state index contributed by atoms with van der Waals surface area (Å²) in [4.78, 5) is 27.3. The largest absolute Gasteiger partial charge is 0.497 e. The van der Waals surface area contributed by atoms with Crippen molar-refractivity contribution in [2.75, 3.05) is 12.4 Å². The van der Waals surface area contributed by atoms with Crippen LogP contribution in [0.5, 0.6) is 11.5 Å². The van der Waals surface area contributed by atoms with Gasteiger partial charge in [0.2, 0.25) is 5.91 Å². The summed E-state index contributed by atoms with van der Waals surface area (Å²) >= 11 is 0. The van der Waals surface area contributed by atoms with E-state index in [2.05, 4.69) is 5.32 Å². The molecule has 37 heavy (non-hydrogen) atoms. The third-order valence-corrected chi connectivity index (χ3v) is 6.06. The number of nitrogens with one attached hydrogen (secondary N) is 1. The van der Waals surface area contributed by atoms with Crippen molar-refractivity contribution in [1.82, 2.24) is 4.90 Å². The van der Waals surface area contributed by atoms with Gasteiger partial charge in [-0.15, -0.1) is 0 Å². The van der Waals surface area contributed by atoms with E-state index in [0.717, 1.165) is 17.7 Å². The SMILES string of the molecule is CC[C@@H]1Oc2ccc(NC(=O)Cc3cccc(OC)c3)cc2CN(Cc2cccc(C(F)(F)F)c2)C1=O. The number of alkyl halides is 3. The number of carbonyl (C=O) groups is 2. The van der Waals surface area contributed by atoms with E-state index in [9.17, 15) is 22.8 Å². The maximum Gasteiger partial charge on any atom is 0.416 e. The first-order valence-corrected chi connectivity index (χ1v) is 11.8. The van der Waals surface area contributed by atoms with Gasteiger partial charge in [0.25, 0.3) is 5.91 Å². The Morgan fingerprint density at radius 2 is 1.84 bits per heavy atom. The molecule has 6 nitrogen and oxygen atoms in total. The lowest BCUT2D eigenvalue weighted by atomic mass is 10.1. The number of hydrogen-bond donors (Lipinski definition) is 1. The minimum Gasteiger partial charge on any atom is -0.497 e. The minimum atomic E-state index is -4.47. The molecule has 1 aliphatic rings. The summed E-state index contributed by atoms with van der Waals surface area (Å²) in [5, 5.41) is 2.86. The summed E-state index contributed by atoms with van der Waals surface area (Å²) in [5.74, 6) is 0.617. The summed E-state index contributed by atoms with van der Waals surface area (Å²) in [6.07, 6.45) is -4.70. The summed E-state index contributed by atoms with van der Waals surface area (Å²) in [5.41, 5.74) is 1.56. The first kappa shape index (κ1) is 26.1. The highest BCUT2D eigenvalue weighted by atomic mass is 19.4. The molecule has 1 atom stereocenters. The van der Waals surface area contributed by atoms with E-state index in [0.29, 0.717) is 34.7 Å². The number of ether oxygens (including phenoxy) is 2. The predicted octanol–water partition coefficient (Wildman–Crippen LogP) is 5.60. The Morgan fingerprint density at radius 1 is 1.08 bits per heavy atom. The fourth-order valence-electron chi connectivity index (χ4n) is 4.22. The van der Waals surface area contributed by atoms with Gasteiger partial charge in [0, 0.05) is 24.3 Å². The second-order valence-electron chi connectivity index (χ2n) is 8.81. The van der Waals surface area contributed by atoms with Crippen LogP contribution in [0.2, 0.25) is 0 Å². The third-order valence-electron chi connectivity index (χ3n) is 6.06. The zero-order valence-corrected chi connectivity index (χ0v) is 20.5. The molecule has 0 aliphatic carbocycles. The molecule has 3 aromatic rings. The van der Waals surface area contributed by atoms with E-state index in [1.807, 2.05) is 13.0 Å². The standard InChI is InChI=1S/C28H27F3N2O4/c1-3-24-27(35)33(16-19-7-4-8-21(12-19)28(29,30)31)17-20-15-22(10-11-25(20)37-24)32-26(34)14-18-6-5-9-23(13-18)36-2/h4-13,15,24H,3,14,16-17H2,1-2H3,(H,32,34)/t24-/m0/s1. The number of nitrogens with zero attached hydrogens (tertiary/aromatic N) is 1. The molecule has 4 rings (SSSR count).